The molecule has 0 amide bonds. The fourth-order valence-corrected chi connectivity index (χ4v) is 1.02. The minimum absolute atomic E-state index is 0.329. The zero-order valence-corrected chi connectivity index (χ0v) is 8.59. The predicted molar refractivity (Wildman–Crippen MR) is 56.2 cm³/mol. The number of hydrogen-bond donors (Lipinski definition) is 0. The van der Waals surface area contributed by atoms with Gasteiger partial charge in [0, 0.05) is 0 Å². The van der Waals surface area contributed by atoms with Crippen LogP contribution in [0.3, 0.4) is 0 Å². The minimum atomic E-state index is 0.329. The van der Waals surface area contributed by atoms with Gasteiger partial charge in [-0.15, -0.1) is 0 Å². The van der Waals surface area contributed by atoms with Crippen molar-refractivity contribution in [2.24, 2.45) is 0 Å². The van der Waals surface area contributed by atoms with Gasteiger partial charge in [-0.05, 0) is 31.1 Å². The molecule has 0 aliphatic heterocycles. The highest BCUT2D eigenvalue weighted by molar-refractivity contribution is 5.26. The molecule has 0 heterocycles. The van der Waals surface area contributed by atoms with E-state index in [0.717, 1.165) is 5.75 Å². The van der Waals surface area contributed by atoms with Crippen molar-refractivity contribution in [3.8, 4) is 5.75 Å². The Balaban J connectivity index is 2.49. The molecule has 0 aliphatic carbocycles. The number of hydrogen-bond acceptors (Lipinski definition) is 1. The standard InChI is InChI=1S/C12H15FO/c1-3-11(8-13)9-14-12-6-4-10(2)5-7-12/h4-8H,3,9H2,1-2H3/b11-8+. The molecule has 0 spiro atoms. The predicted octanol–water partition coefficient (Wildman–Crippen LogP) is 3.64. The molecule has 0 aliphatic rings. The van der Waals surface area contributed by atoms with E-state index in [1.807, 2.05) is 38.1 Å². The Morgan fingerprint density at radius 1 is 1.36 bits per heavy atom. The van der Waals surface area contributed by atoms with Gasteiger partial charge in [-0.25, -0.2) is 4.39 Å². The van der Waals surface area contributed by atoms with Gasteiger partial charge in [-0.1, -0.05) is 24.6 Å². The topological polar surface area (TPSA) is 9.23 Å². The Morgan fingerprint density at radius 2 is 2.00 bits per heavy atom. The van der Waals surface area contributed by atoms with Gasteiger partial charge in [0.25, 0.3) is 0 Å². The summed E-state index contributed by atoms with van der Waals surface area (Å²) < 4.78 is 17.6. The summed E-state index contributed by atoms with van der Waals surface area (Å²) >= 11 is 0. The highest BCUT2D eigenvalue weighted by atomic mass is 19.1. The van der Waals surface area contributed by atoms with E-state index in [4.69, 9.17) is 4.74 Å². The van der Waals surface area contributed by atoms with Crippen LogP contribution in [0.5, 0.6) is 5.75 Å². The molecule has 1 aromatic carbocycles. The van der Waals surface area contributed by atoms with Gasteiger partial charge >= 0.3 is 0 Å². The molecule has 0 radical (unpaired) electrons. The molecule has 2 heteroatoms. The maximum Gasteiger partial charge on any atom is 0.119 e. The Morgan fingerprint density at radius 3 is 2.50 bits per heavy atom. The maximum atomic E-state index is 12.2. The summed E-state index contributed by atoms with van der Waals surface area (Å²) in [6.07, 6.45) is 1.30. The number of halogens is 1. The van der Waals surface area contributed by atoms with Crippen LogP contribution in [-0.4, -0.2) is 6.61 Å². The molecule has 0 fully saturated rings. The molecule has 0 aromatic heterocycles. The molecular formula is C12H15FO. The van der Waals surface area contributed by atoms with Gasteiger partial charge in [0.2, 0.25) is 0 Å². The summed E-state index contributed by atoms with van der Waals surface area (Å²) in [7, 11) is 0. The molecule has 14 heavy (non-hydrogen) atoms. The van der Waals surface area contributed by atoms with Crippen LogP contribution in [0.2, 0.25) is 0 Å². The average molecular weight is 194 g/mol. The third-order valence-corrected chi connectivity index (χ3v) is 2.05. The van der Waals surface area contributed by atoms with E-state index in [1.165, 1.54) is 5.56 Å². The fraction of sp³-hybridized carbons (Fsp3) is 0.333. The van der Waals surface area contributed by atoms with Gasteiger partial charge in [0.1, 0.15) is 12.4 Å². The van der Waals surface area contributed by atoms with Crippen LogP contribution in [0.15, 0.2) is 36.2 Å². The Kier molecular flexibility index (Phi) is 4.17. The molecule has 1 nitrogen and oxygen atoms in total. The van der Waals surface area contributed by atoms with Crippen LogP contribution in [0.1, 0.15) is 18.9 Å². The summed E-state index contributed by atoms with van der Waals surface area (Å²) in [6, 6.07) is 7.72. The highest BCUT2D eigenvalue weighted by Crippen LogP contribution is 2.13. The molecular weight excluding hydrogens is 179 g/mol. The molecule has 0 saturated carbocycles. The monoisotopic (exact) mass is 194 g/mol. The summed E-state index contributed by atoms with van der Waals surface area (Å²) in [5.41, 5.74) is 1.86. The Labute approximate surface area is 84.2 Å². The van der Waals surface area contributed by atoms with Crippen molar-refractivity contribution in [2.45, 2.75) is 20.3 Å². The lowest BCUT2D eigenvalue weighted by atomic mass is 10.2. The van der Waals surface area contributed by atoms with Gasteiger partial charge in [-0.3, -0.25) is 0 Å². The van der Waals surface area contributed by atoms with Crippen molar-refractivity contribution < 1.29 is 9.13 Å². The van der Waals surface area contributed by atoms with E-state index in [2.05, 4.69) is 0 Å². The second-order valence-electron chi connectivity index (χ2n) is 3.22. The fourth-order valence-electron chi connectivity index (χ4n) is 1.02. The van der Waals surface area contributed by atoms with Crippen LogP contribution in [0, 0.1) is 6.92 Å². The summed E-state index contributed by atoms with van der Waals surface area (Å²) in [5, 5.41) is 0. The number of rotatable bonds is 4. The second kappa shape index (κ2) is 5.43. The van der Waals surface area contributed by atoms with Gasteiger partial charge < -0.3 is 4.74 Å². The lowest BCUT2D eigenvalue weighted by molar-refractivity contribution is 0.345. The highest BCUT2D eigenvalue weighted by Gasteiger charge is 1.96. The van der Waals surface area contributed by atoms with Crippen LogP contribution < -0.4 is 4.74 Å². The third kappa shape index (κ3) is 3.21. The molecule has 1 aromatic rings. The first-order valence-electron chi connectivity index (χ1n) is 4.74. The van der Waals surface area contributed by atoms with Crippen molar-refractivity contribution in [3.63, 3.8) is 0 Å². The number of aryl methyl sites for hydroxylation is 1. The molecule has 0 unspecified atom stereocenters. The van der Waals surface area contributed by atoms with E-state index in [1.54, 1.807) is 0 Å². The van der Waals surface area contributed by atoms with Crippen molar-refractivity contribution in [1.29, 1.82) is 0 Å². The minimum Gasteiger partial charge on any atom is -0.489 e. The summed E-state index contributed by atoms with van der Waals surface area (Å²) in [5.74, 6) is 0.781. The SMILES string of the molecule is CC/C(=C\F)COc1ccc(C)cc1. The summed E-state index contributed by atoms with van der Waals surface area (Å²) in [6.45, 7) is 4.25. The smallest absolute Gasteiger partial charge is 0.119 e. The molecule has 0 bridgehead atoms. The van der Waals surface area contributed by atoms with E-state index < -0.39 is 0 Å². The number of benzene rings is 1. The molecule has 76 valence electrons. The Hall–Kier alpha value is -1.31. The number of ether oxygens (including phenoxy) is 1. The van der Waals surface area contributed by atoms with Gasteiger partial charge in [-0.2, -0.15) is 0 Å². The molecule has 0 atom stereocenters. The van der Waals surface area contributed by atoms with Gasteiger partial charge in [0.05, 0.1) is 6.33 Å². The third-order valence-electron chi connectivity index (χ3n) is 2.05. The van der Waals surface area contributed by atoms with Crippen LogP contribution in [0.4, 0.5) is 4.39 Å². The van der Waals surface area contributed by atoms with E-state index in [9.17, 15) is 4.39 Å². The quantitative estimate of drug-likeness (QED) is 0.711. The first kappa shape index (κ1) is 10.8. The van der Waals surface area contributed by atoms with Crippen molar-refractivity contribution >= 4 is 0 Å². The van der Waals surface area contributed by atoms with Crippen LogP contribution >= 0.6 is 0 Å². The largest absolute Gasteiger partial charge is 0.489 e. The zero-order valence-electron chi connectivity index (χ0n) is 8.59. The lowest BCUT2D eigenvalue weighted by Gasteiger charge is -2.06. The lowest BCUT2D eigenvalue weighted by Crippen LogP contribution is -1.99. The van der Waals surface area contributed by atoms with Crippen molar-refractivity contribution in [2.75, 3.05) is 6.61 Å². The van der Waals surface area contributed by atoms with E-state index in [-0.39, 0.29) is 0 Å². The molecule has 0 N–H and O–H groups in total. The normalized spacial score (nSPS) is 11.5. The Bertz CT molecular complexity index is 301. The first-order chi connectivity index (χ1) is 6.76. The maximum absolute atomic E-state index is 12.2. The average Bonchev–Trinajstić information content (AvgIpc) is 2.22. The van der Waals surface area contributed by atoms with Gasteiger partial charge in [0.15, 0.2) is 0 Å². The molecule has 1 rings (SSSR count). The van der Waals surface area contributed by atoms with Crippen LogP contribution in [0.25, 0.3) is 0 Å². The summed E-state index contributed by atoms with van der Waals surface area (Å²) in [4.78, 5) is 0. The molecule has 0 saturated heterocycles. The van der Waals surface area contributed by atoms with Crippen molar-refractivity contribution in [3.05, 3.63) is 41.7 Å². The zero-order chi connectivity index (χ0) is 10.4. The second-order valence-corrected chi connectivity index (χ2v) is 3.22. The van der Waals surface area contributed by atoms with E-state index >= 15 is 0 Å². The van der Waals surface area contributed by atoms with Crippen LogP contribution in [-0.2, 0) is 0 Å². The van der Waals surface area contributed by atoms with Crippen molar-refractivity contribution in [1.82, 2.24) is 0 Å². The van der Waals surface area contributed by atoms with E-state index in [0.29, 0.717) is 24.9 Å². The first-order valence-corrected chi connectivity index (χ1v) is 4.74.